The first-order valence-corrected chi connectivity index (χ1v) is 22.0. The minimum Gasteiger partial charge on any atom is -0.488 e. The molecule has 0 amide bonds. The number of rotatable bonds is 26. The highest BCUT2D eigenvalue weighted by Gasteiger charge is 2.36. The smallest absolute Gasteiger partial charge is 0.416 e. The van der Waals surface area contributed by atoms with Crippen LogP contribution in [0.15, 0.2) is 36.7 Å². The molecule has 3 heterocycles. The Morgan fingerprint density at radius 2 is 0.939 bits per heavy atom. The molecule has 358 valence electrons. The summed E-state index contributed by atoms with van der Waals surface area (Å²) in [6.07, 6.45) is -6.98. The van der Waals surface area contributed by atoms with E-state index >= 15 is 0 Å². The summed E-state index contributed by atoms with van der Waals surface area (Å²) >= 11 is 0. The van der Waals surface area contributed by atoms with Gasteiger partial charge in [0.25, 0.3) is 0 Å². The third-order valence-electron chi connectivity index (χ3n) is 11.3. The van der Waals surface area contributed by atoms with E-state index in [1.165, 1.54) is 0 Å². The number of carbonyl (C=O) groups excluding carboxylic acids is 4. The maximum atomic E-state index is 14.4. The normalized spacial score (nSPS) is 16.3. The van der Waals surface area contributed by atoms with E-state index in [0.717, 1.165) is 36.7 Å². The Balaban J connectivity index is 1.42. The molecular formula is C46H56F6N8O6. The van der Waals surface area contributed by atoms with Gasteiger partial charge in [0, 0.05) is 86.7 Å². The molecule has 1 aromatic heterocycles. The Bertz CT molecular complexity index is 2090. The third kappa shape index (κ3) is 15.7. The number of ether oxygens (including phenoxy) is 2. The predicted molar refractivity (Wildman–Crippen MR) is 232 cm³/mol. The van der Waals surface area contributed by atoms with Crippen molar-refractivity contribution < 1.29 is 55.0 Å². The minimum atomic E-state index is -4.87. The molecule has 66 heavy (non-hydrogen) atoms. The molecule has 0 spiro atoms. The number of benzene rings is 2. The summed E-state index contributed by atoms with van der Waals surface area (Å²) in [5, 5.41) is 20.9. The van der Waals surface area contributed by atoms with Crippen molar-refractivity contribution in [1.82, 2.24) is 20.6 Å². The first-order valence-electron chi connectivity index (χ1n) is 22.0. The number of carbonyl (C=O) groups is 4. The zero-order chi connectivity index (χ0) is 48.0. The van der Waals surface area contributed by atoms with Gasteiger partial charge in [-0.05, 0) is 81.9 Å². The van der Waals surface area contributed by atoms with Crippen molar-refractivity contribution in [1.29, 1.82) is 10.8 Å². The zero-order valence-electron chi connectivity index (χ0n) is 36.5. The Labute approximate surface area is 378 Å². The fourth-order valence-corrected chi connectivity index (χ4v) is 7.87. The molecule has 8 N–H and O–H groups in total. The van der Waals surface area contributed by atoms with Crippen molar-refractivity contribution in [2.75, 3.05) is 26.2 Å². The van der Waals surface area contributed by atoms with E-state index in [1.54, 1.807) is 0 Å². The quantitative estimate of drug-likeness (QED) is 0.0160. The van der Waals surface area contributed by atoms with Crippen LogP contribution in [-0.4, -0.2) is 83.2 Å². The van der Waals surface area contributed by atoms with Crippen LogP contribution < -0.4 is 31.6 Å². The van der Waals surface area contributed by atoms with E-state index in [2.05, 4.69) is 20.6 Å². The summed E-state index contributed by atoms with van der Waals surface area (Å²) in [5.41, 5.74) is 7.41. The van der Waals surface area contributed by atoms with Crippen molar-refractivity contribution in [2.45, 2.75) is 127 Å². The van der Waals surface area contributed by atoms with Crippen molar-refractivity contribution in [2.24, 2.45) is 11.5 Å². The number of Topliss-reactive ketones (excluding diaryl/α,β-unsaturated/α-hetero) is 4. The Kier molecular flexibility index (Phi) is 18.3. The van der Waals surface area contributed by atoms with E-state index in [1.807, 2.05) is 0 Å². The molecule has 2 saturated heterocycles. The number of alkyl halides is 6. The molecule has 0 saturated carbocycles. The molecular weight excluding hydrogens is 875 g/mol. The van der Waals surface area contributed by atoms with Crippen LogP contribution in [0.3, 0.4) is 0 Å². The summed E-state index contributed by atoms with van der Waals surface area (Å²) in [4.78, 5) is 62.1. The van der Waals surface area contributed by atoms with Crippen LogP contribution in [0.4, 0.5) is 26.3 Å². The summed E-state index contributed by atoms with van der Waals surface area (Å²) in [5.74, 6) is -2.44. The van der Waals surface area contributed by atoms with Crippen molar-refractivity contribution in [3.8, 4) is 11.5 Å². The van der Waals surface area contributed by atoms with Crippen molar-refractivity contribution >= 4 is 34.8 Å². The number of amidine groups is 2. The monoisotopic (exact) mass is 930 g/mol. The lowest BCUT2D eigenvalue weighted by molar-refractivity contribution is -0.138. The first kappa shape index (κ1) is 51.2. The Hall–Kier alpha value is -5.76. The van der Waals surface area contributed by atoms with E-state index < -0.39 is 72.9 Å². The third-order valence-corrected chi connectivity index (χ3v) is 11.3. The number of hydrogen-bond donors (Lipinski definition) is 6. The number of ketones is 4. The molecule has 2 unspecified atom stereocenters. The van der Waals surface area contributed by atoms with Crippen molar-refractivity contribution in [3.05, 3.63) is 81.4 Å². The van der Waals surface area contributed by atoms with Crippen LogP contribution in [-0.2, 0) is 47.6 Å². The van der Waals surface area contributed by atoms with Crippen LogP contribution in [0.25, 0.3) is 0 Å². The lowest BCUT2D eigenvalue weighted by atomic mass is 9.94. The second-order valence-electron chi connectivity index (χ2n) is 16.8. The molecule has 0 bridgehead atoms. The summed E-state index contributed by atoms with van der Waals surface area (Å²) in [7, 11) is 0. The molecule has 20 heteroatoms. The maximum absolute atomic E-state index is 14.4. The van der Waals surface area contributed by atoms with Crippen LogP contribution >= 0.6 is 0 Å². The summed E-state index contributed by atoms with van der Waals surface area (Å²) in [6, 6.07) is 4.27. The van der Waals surface area contributed by atoms with Gasteiger partial charge in [-0.15, -0.1) is 0 Å². The number of nitrogens with zero attached hydrogens (tertiary/aromatic N) is 2. The van der Waals surface area contributed by atoms with E-state index in [9.17, 15) is 45.5 Å². The Morgan fingerprint density at radius 3 is 1.27 bits per heavy atom. The number of hydrogen-bond acceptors (Lipinski definition) is 12. The second-order valence-corrected chi connectivity index (χ2v) is 16.8. The average Bonchev–Trinajstić information content (AvgIpc) is 3.97. The highest BCUT2D eigenvalue weighted by atomic mass is 19.4. The van der Waals surface area contributed by atoms with Crippen LogP contribution in [0, 0.1) is 10.8 Å². The van der Waals surface area contributed by atoms with Gasteiger partial charge in [-0.25, -0.2) is 9.97 Å². The van der Waals surface area contributed by atoms with Gasteiger partial charge in [-0.1, -0.05) is 12.8 Å². The van der Waals surface area contributed by atoms with Gasteiger partial charge in [0.1, 0.15) is 53.0 Å². The lowest BCUT2D eigenvalue weighted by Crippen LogP contribution is -2.23. The van der Waals surface area contributed by atoms with Crippen LogP contribution in [0.2, 0.25) is 0 Å². The molecule has 2 aliphatic rings. The van der Waals surface area contributed by atoms with Crippen molar-refractivity contribution in [3.63, 3.8) is 0 Å². The molecule has 0 aliphatic carbocycles. The van der Waals surface area contributed by atoms with Gasteiger partial charge >= 0.3 is 12.4 Å². The summed E-state index contributed by atoms with van der Waals surface area (Å²) in [6.45, 7) is 1.88. The van der Waals surface area contributed by atoms with E-state index in [0.29, 0.717) is 90.4 Å². The van der Waals surface area contributed by atoms with Gasteiger partial charge in [0.2, 0.25) is 0 Å². The molecule has 2 fully saturated rings. The Morgan fingerprint density at radius 1 is 0.576 bits per heavy atom. The van der Waals surface area contributed by atoms with Gasteiger partial charge in [-0.2, -0.15) is 26.3 Å². The number of aromatic nitrogens is 2. The SMILES string of the molecule is N=C(N)CCCCCC(=O)Cc1cc(C(F)(F)F)cc(CC(=O)c2cc(C(=O)Cc3cc(C(F)(F)F)cc(CC(=O)CCCCCC(=N)N)c3OC3CCNC3)ncn2)c1OC1CCNC1. The largest absolute Gasteiger partial charge is 0.488 e. The molecule has 5 rings (SSSR count). The lowest BCUT2D eigenvalue weighted by Gasteiger charge is -2.22. The van der Waals surface area contributed by atoms with E-state index in [-0.39, 0.29) is 81.2 Å². The highest BCUT2D eigenvalue weighted by molar-refractivity contribution is 6.01. The fraction of sp³-hybridized carbons (Fsp3) is 0.522. The number of nitrogens with two attached hydrogens (primary N) is 2. The predicted octanol–water partition coefficient (Wildman–Crippen LogP) is 6.84. The summed E-state index contributed by atoms with van der Waals surface area (Å²) < 4.78 is 98.6. The highest BCUT2D eigenvalue weighted by Crippen LogP contribution is 2.39. The van der Waals surface area contributed by atoms with Gasteiger partial charge in [-0.3, -0.25) is 30.0 Å². The van der Waals surface area contributed by atoms with Crippen LogP contribution in [0.1, 0.15) is 131 Å². The molecule has 2 atom stereocenters. The van der Waals surface area contributed by atoms with Gasteiger partial charge < -0.3 is 31.6 Å². The van der Waals surface area contributed by atoms with E-state index in [4.69, 9.17) is 31.8 Å². The van der Waals surface area contributed by atoms with Gasteiger partial charge in [0.05, 0.1) is 22.8 Å². The van der Waals surface area contributed by atoms with Crippen LogP contribution in [0.5, 0.6) is 11.5 Å². The molecule has 14 nitrogen and oxygen atoms in total. The van der Waals surface area contributed by atoms with Gasteiger partial charge in [0.15, 0.2) is 11.6 Å². The molecule has 3 aromatic rings. The molecule has 0 radical (unpaired) electrons. The number of unbranched alkanes of at least 4 members (excludes halogenated alkanes) is 4. The molecule has 2 aliphatic heterocycles. The number of nitrogens with one attached hydrogen (secondary N) is 4. The minimum absolute atomic E-state index is 0.0119. The first-order chi connectivity index (χ1) is 31.3. The topological polar surface area (TPSA) is 236 Å². The number of halogens is 6. The maximum Gasteiger partial charge on any atom is 0.416 e. The fourth-order valence-electron chi connectivity index (χ4n) is 7.87. The standard InChI is InChI=1S/C46H56F6N8O6/c47-45(48,49)31-15-27(19-33(61)7-3-1-5-9-41(53)54)43(65-35-11-13-57-24-35)29(17-31)21-39(63)37-23-38(60-26-59-37)40(64)22-30-18-32(46(50,51)52)16-28(44(30)66-36-12-14-58-25-36)20-34(62)8-4-2-6-10-42(55)56/h15-18,23,26,35-36,57-58H,1-14,19-22,24-25H2,(H3,53,54)(H3,55,56). The second kappa shape index (κ2) is 23.6. The zero-order valence-corrected chi connectivity index (χ0v) is 36.5. The molecule has 2 aromatic carbocycles. The average molecular weight is 931 g/mol.